The first-order chi connectivity index (χ1) is 8.15. The molecule has 2 rings (SSSR count). The molecular weight excluding hydrogens is 208 g/mol. The number of benzene rings is 1. The van der Waals surface area contributed by atoms with E-state index in [0.29, 0.717) is 11.8 Å². The first-order valence-electron chi connectivity index (χ1n) is 6.67. The van der Waals surface area contributed by atoms with Crippen LogP contribution in [0.2, 0.25) is 0 Å². The summed E-state index contributed by atoms with van der Waals surface area (Å²) in [4.78, 5) is 2.54. The van der Waals surface area contributed by atoms with Crippen molar-refractivity contribution in [2.24, 2.45) is 11.8 Å². The Hall–Kier alpha value is -1.02. The molecule has 1 aromatic carbocycles. The summed E-state index contributed by atoms with van der Waals surface area (Å²) in [5.41, 5.74) is 2.71. The Morgan fingerprint density at radius 3 is 2.06 bits per heavy atom. The van der Waals surface area contributed by atoms with Crippen LogP contribution >= 0.6 is 0 Å². The van der Waals surface area contributed by atoms with E-state index in [1.807, 2.05) is 0 Å². The predicted octanol–water partition coefficient (Wildman–Crippen LogP) is 2.68. The third kappa shape index (κ3) is 3.47. The number of aryl methyl sites for hydroxylation is 1. The van der Waals surface area contributed by atoms with Gasteiger partial charge in [-0.25, -0.2) is 0 Å². The number of rotatable bonds is 1. The number of anilines is 1. The highest BCUT2D eigenvalue weighted by Crippen LogP contribution is 2.19. The van der Waals surface area contributed by atoms with Gasteiger partial charge in [-0.15, -0.1) is 0 Å². The van der Waals surface area contributed by atoms with Gasteiger partial charge in [0.2, 0.25) is 0 Å². The van der Waals surface area contributed by atoms with Crippen LogP contribution in [0, 0.1) is 18.8 Å². The number of nitrogens with one attached hydrogen (secondary N) is 1. The van der Waals surface area contributed by atoms with Crippen LogP contribution in [-0.4, -0.2) is 26.2 Å². The van der Waals surface area contributed by atoms with Crippen molar-refractivity contribution < 1.29 is 0 Å². The Balaban J connectivity index is 2.12. The van der Waals surface area contributed by atoms with Crippen LogP contribution in [0.25, 0.3) is 0 Å². The van der Waals surface area contributed by atoms with Crippen LogP contribution in [0.3, 0.4) is 0 Å². The molecule has 1 saturated heterocycles. The molecule has 1 N–H and O–H groups in total. The van der Waals surface area contributed by atoms with Gasteiger partial charge in [-0.1, -0.05) is 31.5 Å². The van der Waals surface area contributed by atoms with E-state index in [-0.39, 0.29) is 0 Å². The number of nitrogens with zero attached hydrogens (tertiary/aromatic N) is 1. The van der Waals surface area contributed by atoms with Gasteiger partial charge in [0, 0.05) is 18.8 Å². The second kappa shape index (κ2) is 5.54. The maximum Gasteiger partial charge on any atom is 0.0366 e. The molecule has 0 bridgehead atoms. The van der Waals surface area contributed by atoms with Gasteiger partial charge >= 0.3 is 0 Å². The first-order valence-corrected chi connectivity index (χ1v) is 6.67. The summed E-state index contributed by atoms with van der Waals surface area (Å²) in [5, 5.41) is 3.54. The second-order valence-corrected chi connectivity index (χ2v) is 5.61. The molecule has 2 unspecified atom stereocenters. The largest absolute Gasteiger partial charge is 0.371 e. The first kappa shape index (κ1) is 12.4. The molecule has 1 heterocycles. The Kier molecular flexibility index (Phi) is 4.06. The Morgan fingerprint density at radius 2 is 1.53 bits per heavy atom. The minimum Gasteiger partial charge on any atom is -0.371 e. The van der Waals surface area contributed by atoms with Crippen molar-refractivity contribution >= 4 is 5.69 Å². The van der Waals surface area contributed by atoms with Gasteiger partial charge in [-0.2, -0.15) is 0 Å². The molecule has 1 aliphatic heterocycles. The van der Waals surface area contributed by atoms with E-state index >= 15 is 0 Å². The van der Waals surface area contributed by atoms with E-state index in [0.717, 1.165) is 26.2 Å². The second-order valence-electron chi connectivity index (χ2n) is 5.61. The van der Waals surface area contributed by atoms with Crippen molar-refractivity contribution in [3.63, 3.8) is 0 Å². The van der Waals surface area contributed by atoms with Gasteiger partial charge in [-0.3, -0.25) is 0 Å². The monoisotopic (exact) mass is 232 g/mol. The third-order valence-corrected chi connectivity index (χ3v) is 3.45. The van der Waals surface area contributed by atoms with Gasteiger partial charge in [0.05, 0.1) is 0 Å². The van der Waals surface area contributed by atoms with E-state index in [2.05, 4.69) is 55.3 Å². The third-order valence-electron chi connectivity index (χ3n) is 3.45. The van der Waals surface area contributed by atoms with E-state index < -0.39 is 0 Å². The zero-order valence-corrected chi connectivity index (χ0v) is 11.2. The quantitative estimate of drug-likeness (QED) is 0.801. The topological polar surface area (TPSA) is 15.3 Å². The van der Waals surface area contributed by atoms with Gasteiger partial charge < -0.3 is 10.2 Å². The molecule has 2 heteroatoms. The Morgan fingerprint density at radius 1 is 1.00 bits per heavy atom. The molecule has 0 aliphatic carbocycles. The van der Waals surface area contributed by atoms with Crippen LogP contribution < -0.4 is 10.2 Å². The van der Waals surface area contributed by atoms with Crippen molar-refractivity contribution in [3.8, 4) is 0 Å². The van der Waals surface area contributed by atoms with Crippen molar-refractivity contribution in [3.05, 3.63) is 29.8 Å². The molecule has 0 radical (unpaired) electrons. The molecule has 0 spiro atoms. The minimum absolute atomic E-state index is 0.712. The lowest BCUT2D eigenvalue weighted by Crippen LogP contribution is -2.42. The molecule has 0 amide bonds. The normalized spacial score (nSPS) is 26.4. The molecule has 94 valence electrons. The number of hydrogen-bond acceptors (Lipinski definition) is 2. The van der Waals surface area contributed by atoms with Crippen LogP contribution in [0.4, 0.5) is 5.69 Å². The average molecular weight is 232 g/mol. The molecule has 1 aromatic rings. The van der Waals surface area contributed by atoms with Gasteiger partial charge in [0.1, 0.15) is 0 Å². The molecule has 0 aromatic heterocycles. The van der Waals surface area contributed by atoms with Crippen LogP contribution in [0.15, 0.2) is 24.3 Å². The lowest BCUT2D eigenvalue weighted by Gasteiger charge is -2.33. The summed E-state index contributed by atoms with van der Waals surface area (Å²) in [6.07, 6.45) is 0. The fourth-order valence-corrected chi connectivity index (χ4v) is 2.50. The Labute approximate surface area is 105 Å². The summed E-state index contributed by atoms with van der Waals surface area (Å²) in [6.45, 7) is 11.4. The van der Waals surface area contributed by atoms with Gasteiger partial charge in [0.15, 0.2) is 0 Å². The summed E-state index contributed by atoms with van der Waals surface area (Å²) in [7, 11) is 0. The summed E-state index contributed by atoms with van der Waals surface area (Å²) in [5.74, 6) is 1.42. The molecular formula is C15H24N2. The lowest BCUT2D eigenvalue weighted by molar-refractivity contribution is 0.410. The van der Waals surface area contributed by atoms with Crippen molar-refractivity contribution in [2.75, 3.05) is 31.1 Å². The zero-order valence-electron chi connectivity index (χ0n) is 11.2. The molecule has 2 nitrogen and oxygen atoms in total. The summed E-state index contributed by atoms with van der Waals surface area (Å²) in [6, 6.07) is 8.93. The number of hydrogen-bond donors (Lipinski definition) is 1. The Bertz CT molecular complexity index is 332. The van der Waals surface area contributed by atoms with E-state index in [9.17, 15) is 0 Å². The molecule has 1 aliphatic rings. The molecule has 17 heavy (non-hydrogen) atoms. The maximum atomic E-state index is 3.54. The summed E-state index contributed by atoms with van der Waals surface area (Å²) < 4.78 is 0. The van der Waals surface area contributed by atoms with E-state index in [1.54, 1.807) is 0 Å². The minimum atomic E-state index is 0.712. The molecule has 1 fully saturated rings. The molecule has 0 saturated carbocycles. The standard InChI is InChI=1S/C15H24N2/c1-12-4-6-15(7-5-12)17-10-13(2)8-16-9-14(3)11-17/h4-7,13-14,16H,8-11H2,1-3H3. The van der Waals surface area contributed by atoms with Gasteiger partial charge in [0.25, 0.3) is 0 Å². The fourth-order valence-electron chi connectivity index (χ4n) is 2.50. The zero-order chi connectivity index (χ0) is 12.3. The van der Waals surface area contributed by atoms with Crippen LogP contribution in [0.1, 0.15) is 19.4 Å². The van der Waals surface area contributed by atoms with Crippen molar-refractivity contribution in [2.45, 2.75) is 20.8 Å². The lowest BCUT2D eigenvalue weighted by atomic mass is 10.0. The van der Waals surface area contributed by atoms with Crippen molar-refractivity contribution in [1.82, 2.24) is 5.32 Å². The van der Waals surface area contributed by atoms with E-state index in [1.165, 1.54) is 11.3 Å². The fraction of sp³-hybridized carbons (Fsp3) is 0.600. The molecule has 2 atom stereocenters. The van der Waals surface area contributed by atoms with Crippen LogP contribution in [0.5, 0.6) is 0 Å². The van der Waals surface area contributed by atoms with Crippen LogP contribution in [-0.2, 0) is 0 Å². The summed E-state index contributed by atoms with van der Waals surface area (Å²) >= 11 is 0. The van der Waals surface area contributed by atoms with Crippen molar-refractivity contribution in [1.29, 1.82) is 0 Å². The highest BCUT2D eigenvalue weighted by molar-refractivity contribution is 5.47. The highest BCUT2D eigenvalue weighted by Gasteiger charge is 2.17. The average Bonchev–Trinajstić information content (AvgIpc) is 2.27. The van der Waals surface area contributed by atoms with E-state index in [4.69, 9.17) is 0 Å². The SMILES string of the molecule is Cc1ccc(N2CC(C)CNCC(C)C2)cc1. The predicted molar refractivity (Wildman–Crippen MR) is 74.6 cm³/mol. The maximum absolute atomic E-state index is 3.54. The smallest absolute Gasteiger partial charge is 0.0366 e. The highest BCUT2D eigenvalue weighted by atomic mass is 15.1. The van der Waals surface area contributed by atoms with Gasteiger partial charge in [-0.05, 0) is 44.0 Å².